The summed E-state index contributed by atoms with van der Waals surface area (Å²) < 4.78 is 5.95. The Morgan fingerprint density at radius 3 is 2.11 bits per heavy atom. The summed E-state index contributed by atoms with van der Waals surface area (Å²) >= 11 is 0. The Labute approximate surface area is 169 Å². The van der Waals surface area contributed by atoms with Crippen molar-refractivity contribution in [2.24, 2.45) is 17.8 Å². The van der Waals surface area contributed by atoms with Gasteiger partial charge in [0.1, 0.15) is 6.10 Å². The molecule has 2 heteroatoms. The lowest BCUT2D eigenvalue weighted by Gasteiger charge is -2.36. The average Bonchev–Trinajstić information content (AvgIpc) is 2.68. The molecule has 2 aromatic carbocycles. The number of carbonyl (C=O) groups is 1. The molecular formula is C26H32O2. The zero-order chi connectivity index (χ0) is 20.1. The van der Waals surface area contributed by atoms with E-state index in [1.165, 1.54) is 17.5 Å². The van der Waals surface area contributed by atoms with Crippen molar-refractivity contribution in [2.75, 3.05) is 0 Å². The predicted molar refractivity (Wildman–Crippen MR) is 117 cm³/mol. The van der Waals surface area contributed by atoms with Gasteiger partial charge in [-0.05, 0) is 60.8 Å². The van der Waals surface area contributed by atoms with E-state index in [1.807, 2.05) is 24.3 Å². The summed E-state index contributed by atoms with van der Waals surface area (Å²) in [6.45, 7) is 8.81. The number of carbonyl (C=O) groups excluding carboxylic acids is 1. The third-order valence-corrected chi connectivity index (χ3v) is 5.91. The lowest BCUT2D eigenvalue weighted by molar-refractivity contribution is -0.0174. The molecule has 2 aromatic rings. The Bertz CT molecular complexity index is 799. The summed E-state index contributed by atoms with van der Waals surface area (Å²) in [6, 6.07) is 16.1. The van der Waals surface area contributed by atoms with Gasteiger partial charge >= 0.3 is 5.97 Å². The summed E-state index contributed by atoms with van der Waals surface area (Å²) in [6.07, 6.45) is 7.56. The summed E-state index contributed by atoms with van der Waals surface area (Å²) in [5.41, 5.74) is 4.13. The quantitative estimate of drug-likeness (QED) is 0.424. The molecule has 3 rings (SSSR count). The molecule has 0 amide bonds. The van der Waals surface area contributed by atoms with Crippen LogP contribution in [0.15, 0.2) is 48.5 Å². The smallest absolute Gasteiger partial charge is 0.338 e. The van der Waals surface area contributed by atoms with E-state index in [4.69, 9.17) is 4.74 Å². The Balaban J connectivity index is 1.63. The molecule has 0 spiro atoms. The van der Waals surface area contributed by atoms with Gasteiger partial charge in [0, 0.05) is 0 Å². The van der Waals surface area contributed by atoms with E-state index in [-0.39, 0.29) is 12.1 Å². The standard InChI is InChI=1S/C26H32O2/c1-18(2)24-16-7-20(4)17-25(24)28-26(27)23-14-12-22(13-15-23)11-10-21-8-5-19(3)6-9-21/h5-6,8-15,18,20,24-25H,7,16-17H2,1-4H3/b11-10+/t20-,24+,25-/m0/s1. The van der Waals surface area contributed by atoms with Gasteiger partial charge in [-0.2, -0.15) is 0 Å². The number of rotatable bonds is 5. The Kier molecular flexibility index (Phi) is 6.72. The van der Waals surface area contributed by atoms with Gasteiger partial charge in [-0.15, -0.1) is 0 Å². The minimum atomic E-state index is -0.196. The minimum absolute atomic E-state index is 0.0392. The summed E-state index contributed by atoms with van der Waals surface area (Å²) in [7, 11) is 0. The van der Waals surface area contributed by atoms with Crippen molar-refractivity contribution in [2.45, 2.75) is 53.1 Å². The van der Waals surface area contributed by atoms with Gasteiger partial charge in [0.15, 0.2) is 0 Å². The molecule has 1 aliphatic carbocycles. The van der Waals surface area contributed by atoms with E-state index in [0.717, 1.165) is 18.4 Å². The van der Waals surface area contributed by atoms with Crippen molar-refractivity contribution < 1.29 is 9.53 Å². The van der Waals surface area contributed by atoms with Gasteiger partial charge in [0.05, 0.1) is 5.56 Å². The molecule has 0 radical (unpaired) electrons. The zero-order valence-corrected chi connectivity index (χ0v) is 17.5. The first-order valence-electron chi connectivity index (χ1n) is 10.5. The van der Waals surface area contributed by atoms with Crippen LogP contribution in [0.2, 0.25) is 0 Å². The molecule has 1 aliphatic rings. The molecule has 1 fully saturated rings. The van der Waals surface area contributed by atoms with Crippen LogP contribution in [-0.4, -0.2) is 12.1 Å². The number of hydrogen-bond donors (Lipinski definition) is 0. The van der Waals surface area contributed by atoms with Crippen LogP contribution in [0.1, 0.15) is 67.1 Å². The fourth-order valence-corrected chi connectivity index (χ4v) is 4.06. The second-order valence-corrected chi connectivity index (χ2v) is 8.64. The first-order chi connectivity index (χ1) is 13.4. The van der Waals surface area contributed by atoms with Crippen molar-refractivity contribution in [1.82, 2.24) is 0 Å². The van der Waals surface area contributed by atoms with E-state index in [9.17, 15) is 4.79 Å². The maximum Gasteiger partial charge on any atom is 0.338 e. The molecule has 1 saturated carbocycles. The van der Waals surface area contributed by atoms with Crippen LogP contribution in [-0.2, 0) is 4.74 Å². The van der Waals surface area contributed by atoms with E-state index in [0.29, 0.717) is 23.3 Å². The van der Waals surface area contributed by atoms with Crippen LogP contribution >= 0.6 is 0 Å². The molecule has 3 atom stereocenters. The third kappa shape index (κ3) is 5.34. The molecule has 0 heterocycles. The molecule has 0 saturated heterocycles. The predicted octanol–water partition coefficient (Wildman–Crippen LogP) is 6.78. The third-order valence-electron chi connectivity index (χ3n) is 5.91. The molecule has 0 aromatic heterocycles. The van der Waals surface area contributed by atoms with Crippen molar-refractivity contribution >= 4 is 18.1 Å². The van der Waals surface area contributed by atoms with Crippen molar-refractivity contribution in [3.63, 3.8) is 0 Å². The Morgan fingerprint density at radius 1 is 0.964 bits per heavy atom. The normalized spacial score (nSPS) is 22.5. The van der Waals surface area contributed by atoms with Gasteiger partial charge < -0.3 is 4.74 Å². The molecule has 0 unspecified atom stereocenters. The lowest BCUT2D eigenvalue weighted by Crippen LogP contribution is -2.35. The van der Waals surface area contributed by atoms with Gasteiger partial charge in [-0.3, -0.25) is 0 Å². The van der Waals surface area contributed by atoms with E-state index >= 15 is 0 Å². The van der Waals surface area contributed by atoms with E-state index in [1.54, 1.807) is 0 Å². The Hall–Kier alpha value is -2.35. The fraction of sp³-hybridized carbons (Fsp3) is 0.423. The average molecular weight is 377 g/mol. The SMILES string of the molecule is Cc1ccc(/C=C/c2ccc(C(=O)O[C@H]3C[C@@H](C)CC[C@@H]3C(C)C)cc2)cc1. The number of esters is 1. The van der Waals surface area contributed by atoms with Crippen LogP contribution in [0.25, 0.3) is 12.2 Å². The van der Waals surface area contributed by atoms with Crippen LogP contribution < -0.4 is 0 Å². The van der Waals surface area contributed by atoms with Crippen LogP contribution in [0.5, 0.6) is 0 Å². The molecule has 2 nitrogen and oxygen atoms in total. The molecule has 0 N–H and O–H groups in total. The van der Waals surface area contributed by atoms with Crippen molar-refractivity contribution in [3.8, 4) is 0 Å². The highest BCUT2D eigenvalue weighted by Gasteiger charge is 2.33. The first-order valence-corrected chi connectivity index (χ1v) is 10.5. The molecule has 0 aliphatic heterocycles. The van der Waals surface area contributed by atoms with E-state index < -0.39 is 0 Å². The highest BCUT2D eigenvalue weighted by atomic mass is 16.5. The molecule has 148 valence electrons. The van der Waals surface area contributed by atoms with Crippen LogP contribution in [0.4, 0.5) is 0 Å². The Morgan fingerprint density at radius 2 is 1.54 bits per heavy atom. The van der Waals surface area contributed by atoms with Crippen molar-refractivity contribution in [3.05, 3.63) is 70.8 Å². The number of benzene rings is 2. The fourth-order valence-electron chi connectivity index (χ4n) is 4.06. The van der Waals surface area contributed by atoms with Crippen LogP contribution in [0, 0.1) is 24.7 Å². The maximum absolute atomic E-state index is 12.7. The van der Waals surface area contributed by atoms with Gasteiger partial charge in [0.2, 0.25) is 0 Å². The van der Waals surface area contributed by atoms with Gasteiger partial charge in [-0.25, -0.2) is 4.79 Å². The monoisotopic (exact) mass is 376 g/mol. The van der Waals surface area contributed by atoms with Crippen molar-refractivity contribution in [1.29, 1.82) is 0 Å². The second-order valence-electron chi connectivity index (χ2n) is 8.64. The minimum Gasteiger partial charge on any atom is -0.458 e. The largest absolute Gasteiger partial charge is 0.458 e. The topological polar surface area (TPSA) is 26.3 Å². The lowest BCUT2D eigenvalue weighted by atomic mass is 9.75. The number of hydrogen-bond acceptors (Lipinski definition) is 2. The highest BCUT2D eigenvalue weighted by Crippen LogP contribution is 2.35. The summed E-state index contributed by atoms with van der Waals surface area (Å²) in [4.78, 5) is 12.7. The number of aryl methyl sites for hydroxylation is 1. The highest BCUT2D eigenvalue weighted by molar-refractivity contribution is 5.90. The van der Waals surface area contributed by atoms with Gasteiger partial charge in [0.25, 0.3) is 0 Å². The number of ether oxygens (including phenoxy) is 1. The zero-order valence-electron chi connectivity index (χ0n) is 17.5. The summed E-state index contributed by atoms with van der Waals surface area (Å²) in [5, 5.41) is 0. The summed E-state index contributed by atoms with van der Waals surface area (Å²) in [5.74, 6) is 1.44. The van der Waals surface area contributed by atoms with E-state index in [2.05, 4.69) is 64.1 Å². The molecule has 0 bridgehead atoms. The first kappa shape index (κ1) is 20.4. The van der Waals surface area contributed by atoms with Crippen LogP contribution in [0.3, 0.4) is 0 Å². The maximum atomic E-state index is 12.7. The molecule has 28 heavy (non-hydrogen) atoms. The molecular weight excluding hydrogens is 344 g/mol. The second kappa shape index (κ2) is 9.23. The van der Waals surface area contributed by atoms with Gasteiger partial charge in [-0.1, -0.05) is 81.3 Å².